The van der Waals surface area contributed by atoms with E-state index in [1.54, 1.807) is 0 Å². The predicted molar refractivity (Wildman–Crippen MR) is 91.6 cm³/mol. The minimum atomic E-state index is 0.170. The van der Waals surface area contributed by atoms with E-state index in [-0.39, 0.29) is 5.92 Å². The Bertz CT molecular complexity index is 550. The fourth-order valence-electron chi connectivity index (χ4n) is 3.59. The summed E-state index contributed by atoms with van der Waals surface area (Å²) in [6.07, 6.45) is 3.10. The van der Waals surface area contributed by atoms with Crippen molar-refractivity contribution in [2.75, 3.05) is 32.8 Å². The Morgan fingerprint density at radius 3 is 2.78 bits per heavy atom. The Hall–Kier alpha value is -1.55. The molecule has 0 aromatic heterocycles. The van der Waals surface area contributed by atoms with Gasteiger partial charge in [0.25, 0.3) is 0 Å². The summed E-state index contributed by atoms with van der Waals surface area (Å²) in [5, 5.41) is 0. The average molecular weight is 316 g/mol. The van der Waals surface area contributed by atoms with Crippen LogP contribution in [0.2, 0.25) is 0 Å². The van der Waals surface area contributed by atoms with Crippen LogP contribution in [-0.4, -0.2) is 48.5 Å². The molecule has 0 saturated carbocycles. The molecule has 0 aliphatic carbocycles. The number of carbonyl (C=O) groups is 1. The smallest absolute Gasteiger partial charge is 0.225 e. The number of piperazine rings is 1. The molecule has 0 spiro atoms. The van der Waals surface area contributed by atoms with E-state index in [0.717, 1.165) is 64.3 Å². The molecule has 1 amide bonds. The summed E-state index contributed by atoms with van der Waals surface area (Å²) in [4.78, 5) is 16.9. The first-order chi connectivity index (χ1) is 11.2. The Kier molecular flexibility index (Phi) is 5.21. The molecule has 1 unspecified atom stereocenters. The number of carbonyl (C=O) groups excluding carboxylic acids is 1. The lowest BCUT2D eigenvalue weighted by Crippen LogP contribution is -2.49. The highest BCUT2D eigenvalue weighted by Crippen LogP contribution is 2.26. The van der Waals surface area contributed by atoms with Gasteiger partial charge in [-0.25, -0.2) is 0 Å². The van der Waals surface area contributed by atoms with Crippen molar-refractivity contribution in [3.05, 3.63) is 29.3 Å². The molecule has 2 aliphatic rings. The third-order valence-corrected chi connectivity index (χ3v) is 4.99. The van der Waals surface area contributed by atoms with Crippen LogP contribution < -0.4 is 4.74 Å². The zero-order valence-corrected chi connectivity index (χ0v) is 14.4. The van der Waals surface area contributed by atoms with Crippen LogP contribution in [0.1, 0.15) is 37.8 Å². The van der Waals surface area contributed by atoms with Crippen molar-refractivity contribution in [3.63, 3.8) is 0 Å². The Balaban J connectivity index is 1.50. The fourth-order valence-corrected chi connectivity index (χ4v) is 3.59. The van der Waals surface area contributed by atoms with Crippen LogP contribution in [0.15, 0.2) is 18.2 Å². The second kappa shape index (κ2) is 7.35. The molecule has 4 heteroatoms. The first-order valence-corrected chi connectivity index (χ1v) is 8.93. The lowest BCUT2D eigenvalue weighted by Gasteiger charge is -2.36. The average Bonchev–Trinajstić information content (AvgIpc) is 3.03. The maximum atomic E-state index is 12.4. The minimum Gasteiger partial charge on any atom is -0.493 e. The van der Waals surface area contributed by atoms with Crippen LogP contribution in [0, 0.1) is 5.92 Å². The van der Waals surface area contributed by atoms with E-state index in [1.807, 2.05) is 4.90 Å². The normalized spacial score (nSPS) is 19.3. The first-order valence-electron chi connectivity index (χ1n) is 8.93. The van der Waals surface area contributed by atoms with Gasteiger partial charge in [-0.2, -0.15) is 0 Å². The number of ether oxygens (including phenoxy) is 1. The maximum Gasteiger partial charge on any atom is 0.225 e. The molecule has 23 heavy (non-hydrogen) atoms. The van der Waals surface area contributed by atoms with Gasteiger partial charge in [-0.05, 0) is 23.6 Å². The van der Waals surface area contributed by atoms with Gasteiger partial charge in [-0.3, -0.25) is 9.69 Å². The maximum absolute atomic E-state index is 12.4. The highest BCUT2D eigenvalue weighted by Gasteiger charge is 2.24. The van der Waals surface area contributed by atoms with E-state index in [1.165, 1.54) is 11.1 Å². The second-order valence-electron chi connectivity index (χ2n) is 6.83. The van der Waals surface area contributed by atoms with Crippen LogP contribution >= 0.6 is 0 Å². The van der Waals surface area contributed by atoms with Gasteiger partial charge in [0.2, 0.25) is 5.91 Å². The van der Waals surface area contributed by atoms with E-state index < -0.39 is 0 Å². The molecule has 4 nitrogen and oxygen atoms in total. The topological polar surface area (TPSA) is 32.8 Å². The monoisotopic (exact) mass is 316 g/mol. The number of rotatable bonds is 5. The van der Waals surface area contributed by atoms with Crippen molar-refractivity contribution < 1.29 is 9.53 Å². The lowest BCUT2D eigenvalue weighted by atomic mass is 10.0. The summed E-state index contributed by atoms with van der Waals surface area (Å²) in [6.45, 7) is 9.65. The van der Waals surface area contributed by atoms with Gasteiger partial charge in [0, 0.05) is 45.1 Å². The number of nitrogens with zero attached hydrogens (tertiary/aromatic N) is 2. The van der Waals surface area contributed by atoms with Crippen LogP contribution in [0.5, 0.6) is 5.75 Å². The highest BCUT2D eigenvalue weighted by molar-refractivity contribution is 5.78. The third kappa shape index (κ3) is 3.86. The van der Waals surface area contributed by atoms with Gasteiger partial charge < -0.3 is 9.64 Å². The highest BCUT2D eigenvalue weighted by atomic mass is 16.5. The Labute approximate surface area is 139 Å². The molecule has 0 radical (unpaired) electrons. The molecule has 1 aromatic carbocycles. The van der Waals surface area contributed by atoms with Gasteiger partial charge in [0.05, 0.1) is 6.61 Å². The fraction of sp³-hybridized carbons (Fsp3) is 0.632. The number of fused-ring (bicyclic) bond motifs is 1. The van der Waals surface area contributed by atoms with E-state index in [4.69, 9.17) is 4.74 Å². The van der Waals surface area contributed by atoms with Gasteiger partial charge in [-0.1, -0.05) is 32.4 Å². The van der Waals surface area contributed by atoms with Crippen LogP contribution in [0.4, 0.5) is 0 Å². The summed E-state index contributed by atoms with van der Waals surface area (Å²) >= 11 is 0. The molecule has 1 saturated heterocycles. The van der Waals surface area contributed by atoms with E-state index in [2.05, 4.69) is 36.9 Å². The molecule has 1 fully saturated rings. The summed E-state index contributed by atoms with van der Waals surface area (Å²) < 4.78 is 5.57. The number of amides is 1. The standard InChI is InChI=1S/C19H28N2O2/c1-3-4-15(2)19(22)21-10-8-20(9-11-21)14-16-5-6-18-17(13-16)7-12-23-18/h5-6,13,15H,3-4,7-12,14H2,1-2H3. The summed E-state index contributed by atoms with van der Waals surface area (Å²) in [5.41, 5.74) is 2.69. The zero-order chi connectivity index (χ0) is 16.2. The van der Waals surface area contributed by atoms with Gasteiger partial charge in [-0.15, -0.1) is 0 Å². The lowest BCUT2D eigenvalue weighted by molar-refractivity contribution is -0.137. The van der Waals surface area contributed by atoms with Crippen molar-refractivity contribution in [1.82, 2.24) is 9.80 Å². The van der Waals surface area contributed by atoms with Crippen molar-refractivity contribution in [1.29, 1.82) is 0 Å². The molecule has 0 N–H and O–H groups in total. The molecule has 1 aromatic rings. The number of hydrogen-bond donors (Lipinski definition) is 0. The largest absolute Gasteiger partial charge is 0.493 e. The van der Waals surface area contributed by atoms with Crippen molar-refractivity contribution >= 4 is 5.91 Å². The van der Waals surface area contributed by atoms with Crippen molar-refractivity contribution in [2.45, 2.75) is 39.7 Å². The number of benzene rings is 1. The zero-order valence-electron chi connectivity index (χ0n) is 14.4. The number of hydrogen-bond acceptors (Lipinski definition) is 3. The molecule has 2 heterocycles. The van der Waals surface area contributed by atoms with Gasteiger partial charge in [0.1, 0.15) is 5.75 Å². The summed E-state index contributed by atoms with van der Waals surface area (Å²) in [5.74, 6) is 1.55. The molecule has 3 rings (SSSR count). The van der Waals surface area contributed by atoms with E-state index in [0.29, 0.717) is 5.91 Å². The van der Waals surface area contributed by atoms with Crippen molar-refractivity contribution in [3.8, 4) is 5.75 Å². The molecular weight excluding hydrogens is 288 g/mol. The van der Waals surface area contributed by atoms with Crippen LogP contribution in [0.25, 0.3) is 0 Å². The molecule has 1 atom stereocenters. The third-order valence-electron chi connectivity index (χ3n) is 4.99. The summed E-state index contributed by atoms with van der Waals surface area (Å²) in [7, 11) is 0. The molecule has 126 valence electrons. The van der Waals surface area contributed by atoms with E-state index in [9.17, 15) is 4.79 Å². The van der Waals surface area contributed by atoms with Crippen molar-refractivity contribution in [2.24, 2.45) is 5.92 Å². The second-order valence-corrected chi connectivity index (χ2v) is 6.83. The Morgan fingerprint density at radius 1 is 1.26 bits per heavy atom. The SMILES string of the molecule is CCCC(C)C(=O)N1CCN(Cc2ccc3c(c2)CCO3)CC1. The minimum absolute atomic E-state index is 0.170. The quantitative estimate of drug-likeness (QED) is 0.837. The molecular formula is C19H28N2O2. The first kappa shape index (κ1) is 16.3. The van der Waals surface area contributed by atoms with Crippen LogP contribution in [0.3, 0.4) is 0 Å². The molecule has 2 aliphatic heterocycles. The van der Waals surface area contributed by atoms with Gasteiger partial charge in [0.15, 0.2) is 0 Å². The predicted octanol–water partition coefficient (Wildman–Crippen LogP) is 2.70. The van der Waals surface area contributed by atoms with Crippen LogP contribution in [-0.2, 0) is 17.8 Å². The Morgan fingerprint density at radius 2 is 2.04 bits per heavy atom. The van der Waals surface area contributed by atoms with E-state index >= 15 is 0 Å². The van der Waals surface area contributed by atoms with Gasteiger partial charge >= 0.3 is 0 Å². The molecule has 0 bridgehead atoms. The summed E-state index contributed by atoms with van der Waals surface area (Å²) in [6, 6.07) is 6.55.